The summed E-state index contributed by atoms with van der Waals surface area (Å²) in [6.45, 7) is 5.13. The Labute approximate surface area is 187 Å². The summed E-state index contributed by atoms with van der Waals surface area (Å²) in [5.74, 6) is -0.515. The van der Waals surface area contributed by atoms with Crippen LogP contribution >= 0.6 is 11.9 Å². The van der Waals surface area contributed by atoms with E-state index >= 15 is 4.39 Å². The molecule has 31 heavy (non-hydrogen) atoms. The summed E-state index contributed by atoms with van der Waals surface area (Å²) in [4.78, 5) is 2.17. The van der Waals surface area contributed by atoms with Gasteiger partial charge in [0.15, 0.2) is 0 Å². The molecule has 0 radical (unpaired) electrons. The summed E-state index contributed by atoms with van der Waals surface area (Å²) >= 11 is 1.19. The van der Waals surface area contributed by atoms with E-state index in [1.807, 2.05) is 43.3 Å². The zero-order valence-corrected chi connectivity index (χ0v) is 18.6. The maximum absolute atomic E-state index is 15.1. The molecule has 3 fully saturated rings. The molecular formula is C24H29FN2O3S. The molecule has 0 saturated carbocycles. The number of aliphatic hydroxyl groups excluding tert-OH is 1. The van der Waals surface area contributed by atoms with Crippen LogP contribution in [0.2, 0.25) is 0 Å². The molecule has 3 heterocycles. The van der Waals surface area contributed by atoms with Gasteiger partial charge in [-0.25, -0.2) is 4.39 Å². The van der Waals surface area contributed by atoms with Crippen LogP contribution in [0.5, 0.6) is 0 Å². The van der Waals surface area contributed by atoms with Gasteiger partial charge < -0.3 is 20.0 Å². The van der Waals surface area contributed by atoms with Gasteiger partial charge in [-0.1, -0.05) is 30.3 Å². The van der Waals surface area contributed by atoms with Crippen LogP contribution < -0.4 is 4.90 Å². The summed E-state index contributed by atoms with van der Waals surface area (Å²) in [6, 6.07) is 14.5. The minimum Gasteiger partial charge on any atom is -0.618 e. The van der Waals surface area contributed by atoms with Crippen LogP contribution in [0.4, 0.5) is 10.1 Å². The van der Waals surface area contributed by atoms with Gasteiger partial charge in [-0.05, 0) is 43.5 Å². The highest BCUT2D eigenvalue weighted by Crippen LogP contribution is 2.52. The average Bonchev–Trinajstić information content (AvgIpc) is 3.22. The maximum atomic E-state index is 15.1. The molecule has 0 amide bonds. The van der Waals surface area contributed by atoms with E-state index in [4.69, 9.17) is 4.74 Å². The lowest BCUT2D eigenvalue weighted by molar-refractivity contribution is -0.834. The summed E-state index contributed by atoms with van der Waals surface area (Å²) in [6.07, 6.45) is 1.14. The van der Waals surface area contributed by atoms with E-state index in [1.54, 1.807) is 6.07 Å². The van der Waals surface area contributed by atoms with Crippen LogP contribution in [0.1, 0.15) is 48.8 Å². The Kier molecular flexibility index (Phi) is 5.51. The number of hydrogen-bond acceptors (Lipinski definition) is 5. The molecule has 7 heteroatoms. The molecular weight excluding hydrogens is 415 g/mol. The van der Waals surface area contributed by atoms with Gasteiger partial charge in [0.25, 0.3) is 0 Å². The van der Waals surface area contributed by atoms with Crippen molar-refractivity contribution in [3.63, 3.8) is 0 Å². The second-order valence-electron chi connectivity index (χ2n) is 9.32. The highest BCUT2D eigenvalue weighted by atomic mass is 32.2. The third-order valence-corrected chi connectivity index (χ3v) is 8.80. The normalized spacial score (nSPS) is 30.9. The molecule has 4 atom stereocenters. The smallest absolute Gasteiger partial charge is 0.231 e. The van der Waals surface area contributed by atoms with Crippen molar-refractivity contribution in [1.29, 1.82) is 0 Å². The minimum absolute atomic E-state index is 0.0163. The minimum atomic E-state index is -1.47. The molecule has 3 saturated heterocycles. The zero-order valence-electron chi connectivity index (χ0n) is 17.7. The van der Waals surface area contributed by atoms with Gasteiger partial charge >= 0.3 is 0 Å². The molecule has 5 nitrogen and oxygen atoms in total. The van der Waals surface area contributed by atoms with E-state index in [0.717, 1.165) is 50.4 Å². The van der Waals surface area contributed by atoms with Gasteiger partial charge in [-0.2, -0.15) is 0 Å². The summed E-state index contributed by atoms with van der Waals surface area (Å²) in [5.41, 5.74) is 2.17. The van der Waals surface area contributed by atoms with Crippen LogP contribution in [0.25, 0.3) is 0 Å². The van der Waals surface area contributed by atoms with Crippen molar-refractivity contribution >= 4 is 17.6 Å². The molecule has 2 aromatic carbocycles. The first-order valence-corrected chi connectivity index (χ1v) is 11.9. The van der Waals surface area contributed by atoms with E-state index in [1.165, 1.54) is 18.0 Å². The van der Waals surface area contributed by atoms with E-state index < -0.39 is 16.1 Å². The molecule has 5 rings (SSSR count). The topological polar surface area (TPSA) is 55.8 Å². The maximum Gasteiger partial charge on any atom is 0.231 e. The van der Waals surface area contributed by atoms with E-state index in [0.29, 0.717) is 6.42 Å². The van der Waals surface area contributed by atoms with E-state index in [2.05, 4.69) is 4.90 Å². The van der Waals surface area contributed by atoms with Crippen LogP contribution in [0.3, 0.4) is 0 Å². The highest BCUT2D eigenvalue weighted by molar-refractivity contribution is 7.94. The van der Waals surface area contributed by atoms with Gasteiger partial charge in [0, 0.05) is 30.6 Å². The summed E-state index contributed by atoms with van der Waals surface area (Å²) < 4.78 is 19.6. The molecule has 3 unspecified atom stereocenters. The highest BCUT2D eigenvalue weighted by Gasteiger charge is 2.46. The van der Waals surface area contributed by atoms with Gasteiger partial charge in [0.2, 0.25) is 6.23 Å². The number of benzene rings is 2. The number of nitrogens with zero attached hydrogens (tertiary/aromatic N) is 2. The Hall–Kier alpha value is -1.64. The molecule has 1 spiro atoms. The molecule has 3 aliphatic rings. The lowest BCUT2D eigenvalue weighted by Crippen LogP contribution is -2.49. The van der Waals surface area contributed by atoms with Crippen molar-refractivity contribution < 1.29 is 18.3 Å². The standard InChI is InChI=1S/C24H29FN2O3S/c1-17-7-10-22(18-5-3-2-4-6-18)31-27(17,29)23(28)20-9-8-19(13-21(20)25)26-12-11-24(14-26)15-30-16-24/h2-6,8-9,13,17,22-23,28H,7,10-12,14-16H2,1H3/t17-,22?,23?,27?/m0/s1. The molecule has 166 valence electrons. The molecule has 1 N–H and O–H groups in total. The number of aliphatic hydroxyl groups is 1. The Morgan fingerprint density at radius 2 is 2.00 bits per heavy atom. The Morgan fingerprint density at radius 1 is 1.23 bits per heavy atom. The van der Waals surface area contributed by atoms with Crippen molar-refractivity contribution in [3.05, 3.63) is 70.7 Å². The van der Waals surface area contributed by atoms with Crippen LogP contribution in [-0.2, 0) is 4.74 Å². The van der Waals surface area contributed by atoms with E-state index in [-0.39, 0.29) is 22.3 Å². The fraction of sp³-hybridized carbons (Fsp3) is 0.500. The second kappa shape index (κ2) is 8.05. The Morgan fingerprint density at radius 3 is 2.65 bits per heavy atom. The first-order valence-electron chi connectivity index (χ1n) is 11.0. The molecule has 2 aromatic rings. The SMILES string of the molecule is C[C@H]1CCC(c2ccccc2)S[N+]1([O-])C(O)c1ccc(N2CCC3(COC3)C2)cc1F. The number of halogens is 1. The Bertz CT molecular complexity index is 942. The summed E-state index contributed by atoms with van der Waals surface area (Å²) in [5, 5.41) is 24.9. The third kappa shape index (κ3) is 3.76. The third-order valence-electron chi connectivity index (χ3n) is 7.15. The number of ether oxygens (including phenoxy) is 1. The number of hydroxylamine groups is 2. The van der Waals surface area contributed by atoms with Crippen molar-refractivity contribution in [2.24, 2.45) is 5.41 Å². The van der Waals surface area contributed by atoms with Gasteiger partial charge in [0.05, 0.1) is 42.0 Å². The van der Waals surface area contributed by atoms with Gasteiger partial charge in [-0.15, -0.1) is 0 Å². The fourth-order valence-corrected chi connectivity index (χ4v) is 6.48. The molecule has 0 aliphatic carbocycles. The molecule has 0 bridgehead atoms. The van der Waals surface area contributed by atoms with Crippen LogP contribution in [0, 0.1) is 16.4 Å². The lowest BCUT2D eigenvalue weighted by Gasteiger charge is -2.52. The largest absolute Gasteiger partial charge is 0.618 e. The Balaban J connectivity index is 1.36. The average molecular weight is 445 g/mol. The zero-order chi connectivity index (χ0) is 21.6. The fourth-order valence-electron chi connectivity index (χ4n) is 5.02. The second-order valence-corrected chi connectivity index (χ2v) is 10.7. The molecule has 0 aromatic heterocycles. The van der Waals surface area contributed by atoms with Crippen molar-refractivity contribution in [1.82, 2.24) is 0 Å². The van der Waals surface area contributed by atoms with Crippen LogP contribution in [0.15, 0.2) is 48.5 Å². The van der Waals surface area contributed by atoms with Gasteiger partial charge in [0.1, 0.15) is 5.82 Å². The van der Waals surface area contributed by atoms with E-state index in [9.17, 15) is 10.3 Å². The first-order chi connectivity index (χ1) is 14.9. The monoisotopic (exact) mass is 444 g/mol. The van der Waals surface area contributed by atoms with Crippen molar-refractivity contribution in [3.8, 4) is 0 Å². The number of quaternary nitrogens is 1. The predicted molar refractivity (Wildman–Crippen MR) is 121 cm³/mol. The first kappa shape index (κ1) is 21.2. The number of rotatable bonds is 4. The van der Waals surface area contributed by atoms with Crippen molar-refractivity contribution in [2.75, 3.05) is 31.2 Å². The number of hydrogen-bond donors (Lipinski definition) is 1. The predicted octanol–water partition coefficient (Wildman–Crippen LogP) is 4.93. The summed E-state index contributed by atoms with van der Waals surface area (Å²) in [7, 11) is 0. The van der Waals surface area contributed by atoms with Crippen LogP contribution in [-0.4, -0.2) is 41.5 Å². The van der Waals surface area contributed by atoms with Crippen molar-refractivity contribution in [2.45, 2.75) is 43.7 Å². The van der Waals surface area contributed by atoms with Gasteiger partial charge in [-0.3, -0.25) is 4.05 Å². The quantitative estimate of drug-likeness (QED) is 0.412. The number of anilines is 1. The lowest BCUT2D eigenvalue weighted by atomic mass is 9.85. The molecule has 3 aliphatic heterocycles.